The number of aliphatic imine (C=N–C) groups is 1. The van der Waals surface area contributed by atoms with Crippen LogP contribution >= 0.6 is 0 Å². The highest BCUT2D eigenvalue weighted by Crippen LogP contribution is 2.25. The first-order valence-corrected chi connectivity index (χ1v) is 11.4. The van der Waals surface area contributed by atoms with Gasteiger partial charge in [-0.3, -0.25) is 9.89 Å². The second kappa shape index (κ2) is 10.8. The monoisotopic (exact) mass is 422 g/mol. The molecule has 0 unspecified atom stereocenters. The smallest absolute Gasteiger partial charge is 0.200 e. The molecule has 1 aliphatic rings. The first kappa shape index (κ1) is 23.3. The molecular formula is C26H38N4O. The van der Waals surface area contributed by atoms with Gasteiger partial charge in [0.05, 0.1) is 13.2 Å². The van der Waals surface area contributed by atoms with Crippen molar-refractivity contribution in [2.24, 2.45) is 4.99 Å². The van der Waals surface area contributed by atoms with Crippen molar-refractivity contribution in [2.45, 2.75) is 48.0 Å². The zero-order valence-corrected chi connectivity index (χ0v) is 20.1. The van der Waals surface area contributed by atoms with Crippen LogP contribution in [0.4, 0.5) is 11.4 Å². The fraction of sp³-hybridized carbons (Fsp3) is 0.500. The minimum atomic E-state index is 0.778. The van der Waals surface area contributed by atoms with Gasteiger partial charge in [0.15, 0.2) is 5.96 Å². The van der Waals surface area contributed by atoms with Gasteiger partial charge >= 0.3 is 0 Å². The molecule has 1 heterocycles. The topological polar surface area (TPSA) is 48.9 Å². The number of nitrogens with zero attached hydrogens (tertiary/aromatic N) is 2. The van der Waals surface area contributed by atoms with Crippen molar-refractivity contribution >= 4 is 17.3 Å². The van der Waals surface area contributed by atoms with Crippen LogP contribution in [0.25, 0.3) is 0 Å². The predicted molar refractivity (Wildman–Crippen MR) is 133 cm³/mol. The molecule has 2 aromatic carbocycles. The van der Waals surface area contributed by atoms with Gasteiger partial charge in [-0.05, 0) is 70.2 Å². The molecule has 1 aliphatic heterocycles. The highest BCUT2D eigenvalue weighted by Gasteiger charge is 2.12. The Labute approximate surface area is 187 Å². The Balaban J connectivity index is 1.78. The van der Waals surface area contributed by atoms with E-state index >= 15 is 0 Å². The maximum atomic E-state index is 5.45. The number of rotatable bonds is 6. The molecule has 3 rings (SSSR count). The van der Waals surface area contributed by atoms with E-state index in [-0.39, 0.29) is 0 Å². The summed E-state index contributed by atoms with van der Waals surface area (Å²) >= 11 is 0. The van der Waals surface area contributed by atoms with E-state index in [1.54, 1.807) is 0 Å². The molecule has 0 bridgehead atoms. The van der Waals surface area contributed by atoms with Crippen molar-refractivity contribution < 1.29 is 4.74 Å². The molecular weight excluding hydrogens is 384 g/mol. The first-order valence-electron chi connectivity index (χ1n) is 11.4. The molecule has 0 saturated carbocycles. The number of hydrogen-bond acceptors (Lipinski definition) is 3. The van der Waals surface area contributed by atoms with Crippen LogP contribution in [0, 0.1) is 41.5 Å². The Kier molecular flexibility index (Phi) is 8.10. The molecule has 5 heteroatoms. The van der Waals surface area contributed by atoms with E-state index in [0.717, 1.165) is 63.1 Å². The SMILES string of the molecule is Cc1cc(C)c(NC(=NCCCN2CCOCC2)Nc2c(C)cc(C)cc2C)c(C)c1. The van der Waals surface area contributed by atoms with Crippen LogP contribution in [0.15, 0.2) is 29.3 Å². The van der Waals surface area contributed by atoms with Crippen LogP contribution in [0.5, 0.6) is 0 Å². The lowest BCUT2D eigenvalue weighted by atomic mass is 10.0. The second-order valence-corrected chi connectivity index (χ2v) is 8.84. The molecule has 5 nitrogen and oxygen atoms in total. The fourth-order valence-corrected chi connectivity index (χ4v) is 4.41. The van der Waals surface area contributed by atoms with Crippen molar-refractivity contribution in [3.8, 4) is 0 Å². The summed E-state index contributed by atoms with van der Waals surface area (Å²) in [6, 6.07) is 8.86. The molecule has 2 N–H and O–H groups in total. The summed E-state index contributed by atoms with van der Waals surface area (Å²) in [7, 11) is 0. The molecule has 1 fully saturated rings. The maximum absolute atomic E-state index is 5.45. The lowest BCUT2D eigenvalue weighted by Crippen LogP contribution is -2.37. The molecule has 0 aliphatic carbocycles. The maximum Gasteiger partial charge on any atom is 0.200 e. The molecule has 0 atom stereocenters. The van der Waals surface area contributed by atoms with Gasteiger partial charge in [-0.25, -0.2) is 0 Å². The van der Waals surface area contributed by atoms with E-state index in [1.807, 2.05) is 0 Å². The van der Waals surface area contributed by atoms with E-state index in [2.05, 4.69) is 81.3 Å². The highest BCUT2D eigenvalue weighted by molar-refractivity contribution is 6.05. The summed E-state index contributed by atoms with van der Waals surface area (Å²) in [5.41, 5.74) is 9.76. The Morgan fingerprint density at radius 3 is 1.71 bits per heavy atom. The lowest BCUT2D eigenvalue weighted by molar-refractivity contribution is 0.0377. The van der Waals surface area contributed by atoms with Gasteiger partial charge in [-0.1, -0.05) is 35.4 Å². The van der Waals surface area contributed by atoms with Crippen LogP contribution in [-0.4, -0.2) is 50.3 Å². The largest absolute Gasteiger partial charge is 0.379 e. The fourth-order valence-electron chi connectivity index (χ4n) is 4.41. The van der Waals surface area contributed by atoms with E-state index in [0.29, 0.717) is 0 Å². The minimum absolute atomic E-state index is 0.778. The summed E-state index contributed by atoms with van der Waals surface area (Å²) in [5.74, 6) is 0.812. The van der Waals surface area contributed by atoms with Gasteiger partial charge < -0.3 is 15.4 Å². The Morgan fingerprint density at radius 2 is 1.26 bits per heavy atom. The van der Waals surface area contributed by atoms with Gasteiger partial charge in [0, 0.05) is 37.6 Å². The van der Waals surface area contributed by atoms with Crippen molar-refractivity contribution in [3.63, 3.8) is 0 Å². The molecule has 0 spiro atoms. The van der Waals surface area contributed by atoms with E-state index < -0.39 is 0 Å². The molecule has 0 aromatic heterocycles. The third-order valence-corrected chi connectivity index (χ3v) is 5.85. The zero-order chi connectivity index (χ0) is 22.4. The Bertz CT molecular complexity index is 821. The molecule has 168 valence electrons. The molecule has 1 saturated heterocycles. The average molecular weight is 423 g/mol. The summed E-state index contributed by atoms with van der Waals surface area (Å²) in [5, 5.41) is 7.21. The molecule has 0 radical (unpaired) electrons. The first-order chi connectivity index (χ1) is 14.8. The minimum Gasteiger partial charge on any atom is -0.379 e. The van der Waals surface area contributed by atoms with Gasteiger partial charge in [-0.2, -0.15) is 0 Å². The van der Waals surface area contributed by atoms with Crippen LogP contribution < -0.4 is 10.6 Å². The number of aryl methyl sites for hydroxylation is 6. The number of hydrogen-bond donors (Lipinski definition) is 2. The van der Waals surface area contributed by atoms with Crippen LogP contribution in [0.2, 0.25) is 0 Å². The zero-order valence-electron chi connectivity index (χ0n) is 20.1. The number of morpholine rings is 1. The Morgan fingerprint density at radius 1 is 0.806 bits per heavy atom. The van der Waals surface area contributed by atoms with Crippen LogP contribution in [0.1, 0.15) is 39.8 Å². The highest BCUT2D eigenvalue weighted by atomic mass is 16.5. The van der Waals surface area contributed by atoms with Crippen LogP contribution in [0.3, 0.4) is 0 Å². The van der Waals surface area contributed by atoms with Gasteiger partial charge in [0.25, 0.3) is 0 Å². The van der Waals surface area contributed by atoms with Crippen molar-refractivity contribution in [2.75, 3.05) is 50.0 Å². The summed E-state index contributed by atoms with van der Waals surface area (Å²) in [6.45, 7) is 18.5. The number of anilines is 2. The molecule has 2 aromatic rings. The quantitative estimate of drug-likeness (QED) is 0.384. The number of nitrogens with one attached hydrogen (secondary N) is 2. The summed E-state index contributed by atoms with van der Waals surface area (Å²) in [6.07, 6.45) is 1.03. The normalized spacial score (nSPS) is 14.4. The Hall–Kier alpha value is -2.37. The van der Waals surface area contributed by atoms with Crippen molar-refractivity contribution in [1.82, 2.24) is 4.90 Å². The number of benzene rings is 2. The van der Waals surface area contributed by atoms with E-state index in [1.165, 1.54) is 33.4 Å². The standard InChI is InChI=1S/C26H38N4O/c1-18-14-20(3)24(21(4)15-18)28-26(27-8-7-9-30-10-12-31-13-11-30)29-25-22(5)16-19(2)17-23(25)6/h14-17H,7-13H2,1-6H3,(H2,27,28,29). The van der Waals surface area contributed by atoms with Crippen molar-refractivity contribution in [1.29, 1.82) is 0 Å². The summed E-state index contributed by atoms with van der Waals surface area (Å²) in [4.78, 5) is 7.40. The van der Waals surface area contributed by atoms with Crippen LogP contribution in [-0.2, 0) is 4.74 Å². The predicted octanol–water partition coefficient (Wildman–Crippen LogP) is 5.14. The number of ether oxygens (including phenoxy) is 1. The van der Waals surface area contributed by atoms with Crippen molar-refractivity contribution in [3.05, 3.63) is 57.6 Å². The van der Waals surface area contributed by atoms with Gasteiger partial charge in [0.1, 0.15) is 0 Å². The second-order valence-electron chi connectivity index (χ2n) is 8.84. The van der Waals surface area contributed by atoms with Gasteiger partial charge in [0.2, 0.25) is 0 Å². The third kappa shape index (κ3) is 6.55. The van der Waals surface area contributed by atoms with E-state index in [4.69, 9.17) is 9.73 Å². The summed E-state index contributed by atoms with van der Waals surface area (Å²) < 4.78 is 5.45. The number of guanidine groups is 1. The third-order valence-electron chi connectivity index (χ3n) is 5.85. The molecule has 0 amide bonds. The molecule has 31 heavy (non-hydrogen) atoms. The van der Waals surface area contributed by atoms with Gasteiger partial charge in [-0.15, -0.1) is 0 Å². The average Bonchev–Trinajstić information content (AvgIpc) is 2.70. The van der Waals surface area contributed by atoms with E-state index in [9.17, 15) is 0 Å². The lowest BCUT2D eigenvalue weighted by Gasteiger charge is -2.26.